The fourth-order valence-electron chi connectivity index (χ4n) is 7.96. The van der Waals surface area contributed by atoms with E-state index in [-0.39, 0.29) is 25.8 Å². The van der Waals surface area contributed by atoms with Crippen molar-refractivity contribution in [3.63, 3.8) is 0 Å². The molecule has 0 aliphatic carbocycles. The summed E-state index contributed by atoms with van der Waals surface area (Å²) in [6, 6.07) is 24.1. The molecule has 1 spiro atoms. The Morgan fingerprint density at radius 3 is 2.29 bits per heavy atom. The highest BCUT2D eigenvalue weighted by molar-refractivity contribution is 5.99. The van der Waals surface area contributed by atoms with E-state index in [0.717, 1.165) is 27.8 Å². The number of hydrogen-bond acceptors (Lipinski definition) is 9. The minimum Gasteiger partial charge on any atom is -0.481 e. The molecule has 0 bridgehead atoms. The number of likely N-dealkylation sites (tertiary alicyclic amines) is 1. The van der Waals surface area contributed by atoms with E-state index in [1.807, 2.05) is 72.8 Å². The first-order valence-electron chi connectivity index (χ1n) is 19.6. The quantitative estimate of drug-likeness (QED) is 0.108. The summed E-state index contributed by atoms with van der Waals surface area (Å²) in [4.78, 5) is 78.8. The van der Waals surface area contributed by atoms with Crippen molar-refractivity contribution in [2.45, 2.75) is 82.3 Å². The van der Waals surface area contributed by atoms with Crippen LogP contribution in [0.25, 0.3) is 0 Å². The molecular formula is C44H46N6O9. The first kappa shape index (κ1) is 40.5. The van der Waals surface area contributed by atoms with Crippen LogP contribution in [0, 0.1) is 0 Å². The van der Waals surface area contributed by atoms with Crippen molar-refractivity contribution in [2.75, 3.05) is 17.6 Å². The summed E-state index contributed by atoms with van der Waals surface area (Å²) in [5, 5.41) is 19.7. The van der Waals surface area contributed by atoms with Gasteiger partial charge in [-0.15, -0.1) is 0 Å². The van der Waals surface area contributed by atoms with Gasteiger partial charge in [-0.1, -0.05) is 54.6 Å². The number of hydrogen-bond donors (Lipinski definition) is 6. The topological polar surface area (TPSA) is 218 Å². The highest BCUT2D eigenvalue weighted by Gasteiger charge is 2.49. The minimum absolute atomic E-state index is 0.156. The Hall–Kier alpha value is -6.74. The van der Waals surface area contributed by atoms with Crippen LogP contribution in [-0.4, -0.2) is 76.2 Å². The van der Waals surface area contributed by atoms with Gasteiger partial charge in [0.2, 0.25) is 29.5 Å². The summed E-state index contributed by atoms with van der Waals surface area (Å²) in [6.07, 6.45) is 0.337. The van der Waals surface area contributed by atoms with Crippen molar-refractivity contribution in [1.29, 1.82) is 0 Å². The van der Waals surface area contributed by atoms with Crippen LogP contribution in [0.4, 0.5) is 11.4 Å². The molecule has 306 valence electrons. The van der Waals surface area contributed by atoms with Crippen LogP contribution in [0.5, 0.6) is 11.5 Å². The van der Waals surface area contributed by atoms with E-state index in [4.69, 9.17) is 20.3 Å². The van der Waals surface area contributed by atoms with Crippen molar-refractivity contribution in [3.05, 3.63) is 119 Å². The second-order valence-electron chi connectivity index (χ2n) is 15.0. The van der Waals surface area contributed by atoms with E-state index in [1.165, 1.54) is 18.7 Å². The van der Waals surface area contributed by atoms with Crippen LogP contribution in [-0.2, 0) is 52.1 Å². The molecule has 1 saturated heterocycles. The van der Waals surface area contributed by atoms with Crippen molar-refractivity contribution in [2.24, 2.45) is 0 Å². The van der Waals surface area contributed by atoms with Crippen LogP contribution < -0.4 is 31.7 Å². The van der Waals surface area contributed by atoms with Gasteiger partial charge in [0.1, 0.15) is 35.7 Å². The maximum Gasteiger partial charge on any atom is 0.303 e. The number of aliphatic carboxylic acids is 1. The average molecular weight is 803 g/mol. The van der Waals surface area contributed by atoms with Gasteiger partial charge >= 0.3 is 5.97 Å². The zero-order valence-electron chi connectivity index (χ0n) is 32.7. The third-order valence-electron chi connectivity index (χ3n) is 10.9. The lowest BCUT2D eigenvalue weighted by Gasteiger charge is -2.37. The first-order chi connectivity index (χ1) is 28.3. The molecule has 0 aromatic heterocycles. The zero-order chi connectivity index (χ0) is 41.8. The molecule has 4 aromatic rings. The molecule has 0 saturated carbocycles. The number of carbonyl (C=O) groups is 6. The van der Waals surface area contributed by atoms with E-state index >= 15 is 0 Å². The summed E-state index contributed by atoms with van der Waals surface area (Å²) >= 11 is 0. The number of nitrogens with zero attached hydrogens (tertiary/aromatic N) is 1. The van der Waals surface area contributed by atoms with Crippen molar-refractivity contribution in [1.82, 2.24) is 20.9 Å². The van der Waals surface area contributed by atoms with E-state index in [9.17, 15) is 28.8 Å². The largest absolute Gasteiger partial charge is 0.481 e. The number of anilines is 2. The molecule has 7 N–H and O–H groups in total. The number of nitrogens with one attached hydrogen (secondary N) is 4. The highest BCUT2D eigenvalue weighted by atomic mass is 16.5. The zero-order valence-corrected chi connectivity index (χ0v) is 32.7. The van der Waals surface area contributed by atoms with Gasteiger partial charge in [0.15, 0.2) is 5.60 Å². The van der Waals surface area contributed by atoms with E-state index in [2.05, 4.69) is 21.3 Å². The summed E-state index contributed by atoms with van der Waals surface area (Å²) < 4.78 is 13.0. The van der Waals surface area contributed by atoms with Gasteiger partial charge in [-0.05, 0) is 67.6 Å². The monoisotopic (exact) mass is 802 g/mol. The first-order valence-corrected chi connectivity index (χ1v) is 19.6. The molecule has 5 atom stereocenters. The van der Waals surface area contributed by atoms with Crippen LogP contribution >= 0.6 is 0 Å². The number of rotatable bonds is 13. The van der Waals surface area contributed by atoms with Crippen LogP contribution in [0.15, 0.2) is 91.0 Å². The van der Waals surface area contributed by atoms with Gasteiger partial charge in [-0.3, -0.25) is 28.8 Å². The Kier molecular flexibility index (Phi) is 11.7. The third-order valence-corrected chi connectivity index (χ3v) is 10.9. The molecule has 4 aromatic carbocycles. The van der Waals surface area contributed by atoms with Crippen LogP contribution in [0.1, 0.15) is 67.3 Å². The SMILES string of the molecule is CC(NC(=O)CCC(=O)O)C(=O)NC(C)C(=O)N1CCCC1C(=O)NC(Cc1ccccc1)C(=O)Nc1ccc2c(c1)Oc1cc(N)ccc1C21OCc2ccccc21. The number of nitrogen functional groups attached to an aromatic ring is 1. The van der Waals surface area contributed by atoms with Crippen LogP contribution in [0.3, 0.4) is 0 Å². The molecule has 5 unspecified atom stereocenters. The van der Waals surface area contributed by atoms with Gasteiger partial charge < -0.3 is 46.5 Å². The number of benzene rings is 4. The van der Waals surface area contributed by atoms with Crippen LogP contribution in [0.2, 0.25) is 0 Å². The molecule has 3 aliphatic heterocycles. The molecule has 7 rings (SSSR count). The normalized spacial score (nSPS) is 18.9. The highest BCUT2D eigenvalue weighted by Crippen LogP contribution is 2.56. The van der Waals surface area contributed by atoms with Crippen molar-refractivity contribution < 1.29 is 43.3 Å². The second-order valence-corrected chi connectivity index (χ2v) is 15.0. The predicted molar refractivity (Wildman–Crippen MR) is 216 cm³/mol. The number of carbonyl (C=O) groups excluding carboxylic acids is 5. The summed E-state index contributed by atoms with van der Waals surface area (Å²) in [5.74, 6) is -2.92. The van der Waals surface area contributed by atoms with Gasteiger partial charge in [-0.2, -0.15) is 0 Å². The number of amides is 5. The summed E-state index contributed by atoms with van der Waals surface area (Å²) in [7, 11) is 0. The lowest BCUT2D eigenvalue weighted by molar-refractivity contribution is -0.142. The van der Waals surface area contributed by atoms with E-state index < -0.39 is 65.3 Å². The fraction of sp³-hybridized carbons (Fsp3) is 0.318. The molecule has 0 radical (unpaired) electrons. The summed E-state index contributed by atoms with van der Waals surface area (Å²) in [6.45, 7) is 3.55. The number of fused-ring (bicyclic) bond motifs is 6. The molecule has 5 amide bonds. The lowest BCUT2D eigenvalue weighted by atomic mass is 9.77. The van der Waals surface area contributed by atoms with Gasteiger partial charge in [0, 0.05) is 54.0 Å². The van der Waals surface area contributed by atoms with Crippen molar-refractivity contribution in [3.8, 4) is 11.5 Å². The molecule has 3 heterocycles. The Morgan fingerprint density at radius 1 is 0.814 bits per heavy atom. The van der Waals surface area contributed by atoms with E-state index in [1.54, 1.807) is 18.2 Å². The lowest BCUT2D eigenvalue weighted by Crippen LogP contribution is -2.56. The number of carboxylic acid groups (broad SMARTS) is 1. The maximum atomic E-state index is 14.2. The molecule has 15 heteroatoms. The number of carboxylic acids is 1. The maximum absolute atomic E-state index is 14.2. The Labute approximate surface area is 340 Å². The average Bonchev–Trinajstić information content (AvgIpc) is 3.86. The third kappa shape index (κ3) is 8.46. The van der Waals surface area contributed by atoms with Gasteiger partial charge in [0.25, 0.3) is 0 Å². The molecule has 1 fully saturated rings. The number of ether oxygens (including phenoxy) is 2. The molecule has 15 nitrogen and oxygen atoms in total. The predicted octanol–water partition coefficient (Wildman–Crippen LogP) is 3.73. The van der Waals surface area contributed by atoms with E-state index in [0.29, 0.717) is 42.3 Å². The van der Waals surface area contributed by atoms with Gasteiger partial charge in [-0.25, -0.2) is 0 Å². The fourth-order valence-corrected chi connectivity index (χ4v) is 7.96. The van der Waals surface area contributed by atoms with Crippen molar-refractivity contribution >= 4 is 46.9 Å². The molecule has 3 aliphatic rings. The summed E-state index contributed by atoms with van der Waals surface area (Å²) in [5.41, 5.74) is 10.6. The second kappa shape index (κ2) is 17.0. The Morgan fingerprint density at radius 2 is 1.53 bits per heavy atom. The number of nitrogens with two attached hydrogens (primary N) is 1. The Balaban J connectivity index is 1.07. The van der Waals surface area contributed by atoms with Gasteiger partial charge in [0.05, 0.1) is 13.0 Å². The standard InChI is InChI=1S/C44H46N6O9/c1-25(46-38(51)18-19-39(52)53)40(54)47-26(2)43(57)50-20-8-13-35(50)42(56)49-34(21-27-9-4-3-5-10-27)41(55)48-30-15-17-33-37(23-30)59-36-22-29(45)14-16-32(36)44(33)31-12-7-6-11-28(31)24-58-44/h3-7,9-12,14-17,22-23,25-26,34-35H,8,13,18-21,24,45H2,1-2H3,(H,46,51)(H,47,54)(H,48,55)(H,49,56)(H,52,53). The molecular weight excluding hydrogens is 757 g/mol. The minimum atomic E-state index is -1.14. The Bertz CT molecular complexity index is 2300. The smallest absolute Gasteiger partial charge is 0.303 e. The molecule has 59 heavy (non-hydrogen) atoms.